The van der Waals surface area contributed by atoms with Crippen LogP contribution >= 0.6 is 0 Å². The van der Waals surface area contributed by atoms with E-state index in [4.69, 9.17) is 0 Å². The van der Waals surface area contributed by atoms with Crippen molar-refractivity contribution in [2.45, 2.75) is 31.3 Å². The number of nitrogens with one attached hydrogen (secondary N) is 1. The van der Waals surface area contributed by atoms with Gasteiger partial charge in [0.2, 0.25) is 5.91 Å². The first kappa shape index (κ1) is 16.8. The van der Waals surface area contributed by atoms with Crippen molar-refractivity contribution >= 4 is 17.6 Å². The third kappa shape index (κ3) is 3.22. The molecule has 2 aromatic carbocycles. The maximum atomic E-state index is 12.4. The summed E-state index contributed by atoms with van der Waals surface area (Å²) < 4.78 is 0. The van der Waals surface area contributed by atoms with Gasteiger partial charge >= 0.3 is 5.97 Å². The third-order valence-electron chi connectivity index (χ3n) is 5.60. The average molecular weight is 350 g/mol. The first-order chi connectivity index (χ1) is 12.6. The molecular weight excluding hydrogens is 328 g/mol. The molecule has 0 aromatic heterocycles. The molecule has 134 valence electrons. The first-order valence-electron chi connectivity index (χ1n) is 9.06. The number of anilines is 1. The standard InChI is InChI=1S/C21H22N2O3/c24-20(13-23-17-10-11-19(23)18(12-17)21(25)26)22-16-8-6-15(7-9-16)14-4-2-1-3-5-14/h1-9,17-19H,10-13H2,(H,22,24)(H,25,26). The fraction of sp³-hybridized carbons (Fsp3) is 0.333. The smallest absolute Gasteiger partial charge is 0.308 e. The highest BCUT2D eigenvalue weighted by Gasteiger charge is 2.49. The van der Waals surface area contributed by atoms with Crippen molar-refractivity contribution in [1.29, 1.82) is 0 Å². The zero-order valence-electron chi connectivity index (χ0n) is 14.5. The lowest BCUT2D eigenvalue weighted by Crippen LogP contribution is -2.38. The molecule has 2 heterocycles. The predicted octanol–water partition coefficient (Wildman–Crippen LogP) is 3.23. The van der Waals surface area contributed by atoms with E-state index in [0.717, 1.165) is 29.7 Å². The quantitative estimate of drug-likeness (QED) is 0.869. The minimum Gasteiger partial charge on any atom is -0.481 e. The zero-order chi connectivity index (χ0) is 18.1. The molecule has 2 N–H and O–H groups in total. The van der Waals surface area contributed by atoms with E-state index in [9.17, 15) is 14.7 Å². The Morgan fingerprint density at radius 3 is 2.35 bits per heavy atom. The van der Waals surface area contributed by atoms with Crippen molar-refractivity contribution in [2.75, 3.05) is 11.9 Å². The molecule has 0 aliphatic carbocycles. The second kappa shape index (κ2) is 6.92. The minimum atomic E-state index is -0.737. The van der Waals surface area contributed by atoms with Crippen LogP contribution in [0.4, 0.5) is 5.69 Å². The van der Waals surface area contributed by atoms with E-state index in [2.05, 4.69) is 22.3 Å². The molecule has 5 heteroatoms. The van der Waals surface area contributed by atoms with E-state index in [-0.39, 0.29) is 30.5 Å². The van der Waals surface area contributed by atoms with Crippen molar-refractivity contribution in [2.24, 2.45) is 5.92 Å². The summed E-state index contributed by atoms with van der Waals surface area (Å²) in [5.41, 5.74) is 3.00. The Balaban J connectivity index is 1.38. The van der Waals surface area contributed by atoms with Gasteiger partial charge in [-0.1, -0.05) is 42.5 Å². The van der Waals surface area contributed by atoms with E-state index >= 15 is 0 Å². The Morgan fingerprint density at radius 1 is 1.00 bits per heavy atom. The molecule has 2 aliphatic rings. The fourth-order valence-electron chi connectivity index (χ4n) is 4.36. The van der Waals surface area contributed by atoms with Gasteiger partial charge < -0.3 is 10.4 Å². The second-order valence-corrected chi connectivity index (χ2v) is 7.14. The van der Waals surface area contributed by atoms with E-state index < -0.39 is 5.97 Å². The summed E-state index contributed by atoms with van der Waals surface area (Å²) >= 11 is 0. The van der Waals surface area contributed by atoms with E-state index in [0.29, 0.717) is 6.42 Å². The number of hydrogen-bond donors (Lipinski definition) is 2. The Kier molecular flexibility index (Phi) is 4.47. The number of carboxylic acids is 1. The van der Waals surface area contributed by atoms with Gasteiger partial charge in [0.05, 0.1) is 12.5 Å². The molecule has 2 bridgehead atoms. The second-order valence-electron chi connectivity index (χ2n) is 7.14. The van der Waals surface area contributed by atoms with Crippen LogP contribution in [0.1, 0.15) is 19.3 Å². The first-order valence-corrected chi connectivity index (χ1v) is 9.06. The van der Waals surface area contributed by atoms with Crippen molar-refractivity contribution in [3.8, 4) is 11.1 Å². The number of benzene rings is 2. The summed E-state index contributed by atoms with van der Waals surface area (Å²) in [7, 11) is 0. The van der Waals surface area contributed by atoms with E-state index in [1.807, 2.05) is 42.5 Å². The van der Waals surface area contributed by atoms with Crippen LogP contribution in [-0.4, -0.2) is 40.5 Å². The molecular formula is C21H22N2O3. The molecule has 2 saturated heterocycles. The summed E-state index contributed by atoms with van der Waals surface area (Å²) in [6.07, 6.45) is 2.53. The van der Waals surface area contributed by atoms with Gasteiger partial charge in [0, 0.05) is 17.8 Å². The van der Waals surface area contributed by atoms with Gasteiger partial charge in [-0.2, -0.15) is 0 Å². The maximum Gasteiger partial charge on any atom is 0.308 e. The molecule has 2 fully saturated rings. The lowest BCUT2D eigenvalue weighted by molar-refractivity contribution is -0.142. The zero-order valence-corrected chi connectivity index (χ0v) is 14.5. The van der Waals surface area contributed by atoms with Gasteiger partial charge in [0.15, 0.2) is 0 Å². The summed E-state index contributed by atoms with van der Waals surface area (Å²) in [6, 6.07) is 18.1. The highest BCUT2D eigenvalue weighted by atomic mass is 16.4. The number of carboxylic acid groups (broad SMARTS) is 1. The van der Waals surface area contributed by atoms with Crippen LogP contribution in [0.3, 0.4) is 0 Å². The number of hydrogen-bond acceptors (Lipinski definition) is 3. The highest BCUT2D eigenvalue weighted by molar-refractivity contribution is 5.92. The number of fused-ring (bicyclic) bond motifs is 2. The molecule has 0 spiro atoms. The Labute approximate surface area is 152 Å². The van der Waals surface area contributed by atoms with Crippen LogP contribution in [0.5, 0.6) is 0 Å². The molecule has 0 radical (unpaired) electrons. The summed E-state index contributed by atoms with van der Waals surface area (Å²) in [5.74, 6) is -1.15. The van der Waals surface area contributed by atoms with Crippen LogP contribution in [0.15, 0.2) is 54.6 Å². The van der Waals surface area contributed by atoms with Gasteiger partial charge in [0.1, 0.15) is 0 Å². The Hall–Kier alpha value is -2.66. The highest BCUT2D eigenvalue weighted by Crippen LogP contribution is 2.41. The van der Waals surface area contributed by atoms with Gasteiger partial charge in [-0.3, -0.25) is 14.5 Å². The van der Waals surface area contributed by atoms with Gasteiger partial charge in [0.25, 0.3) is 0 Å². The fourth-order valence-corrected chi connectivity index (χ4v) is 4.36. The number of amides is 1. The lowest BCUT2D eigenvalue weighted by atomic mass is 9.89. The van der Waals surface area contributed by atoms with Crippen LogP contribution in [0.25, 0.3) is 11.1 Å². The molecule has 3 atom stereocenters. The topological polar surface area (TPSA) is 69.6 Å². The average Bonchev–Trinajstić information content (AvgIpc) is 3.20. The van der Waals surface area contributed by atoms with Crippen LogP contribution in [0.2, 0.25) is 0 Å². The monoisotopic (exact) mass is 350 g/mol. The van der Waals surface area contributed by atoms with Crippen molar-refractivity contribution < 1.29 is 14.7 Å². The maximum absolute atomic E-state index is 12.4. The van der Waals surface area contributed by atoms with Crippen molar-refractivity contribution in [3.63, 3.8) is 0 Å². The van der Waals surface area contributed by atoms with E-state index in [1.165, 1.54) is 0 Å². The van der Waals surface area contributed by atoms with Gasteiger partial charge in [-0.25, -0.2) is 0 Å². The Bertz CT molecular complexity index is 804. The number of nitrogens with zero attached hydrogens (tertiary/aromatic N) is 1. The minimum absolute atomic E-state index is 0.00343. The van der Waals surface area contributed by atoms with Crippen molar-refractivity contribution in [1.82, 2.24) is 4.90 Å². The van der Waals surface area contributed by atoms with Crippen LogP contribution in [0, 0.1) is 5.92 Å². The lowest BCUT2D eigenvalue weighted by Gasteiger charge is -2.22. The summed E-state index contributed by atoms with van der Waals surface area (Å²) in [5, 5.41) is 12.2. The molecule has 5 nitrogen and oxygen atoms in total. The number of carbonyl (C=O) groups excluding carboxylic acids is 1. The van der Waals surface area contributed by atoms with Crippen LogP contribution in [-0.2, 0) is 9.59 Å². The molecule has 3 unspecified atom stereocenters. The van der Waals surface area contributed by atoms with Crippen LogP contribution < -0.4 is 5.32 Å². The molecule has 2 aliphatic heterocycles. The molecule has 0 saturated carbocycles. The van der Waals surface area contributed by atoms with Crippen molar-refractivity contribution in [3.05, 3.63) is 54.6 Å². The number of aliphatic carboxylic acids is 1. The van der Waals surface area contributed by atoms with E-state index in [1.54, 1.807) is 0 Å². The van der Waals surface area contributed by atoms with Gasteiger partial charge in [-0.05, 0) is 42.5 Å². The molecule has 1 amide bonds. The molecule has 2 aromatic rings. The molecule has 26 heavy (non-hydrogen) atoms. The largest absolute Gasteiger partial charge is 0.481 e. The number of rotatable bonds is 5. The Morgan fingerprint density at radius 2 is 1.69 bits per heavy atom. The van der Waals surface area contributed by atoms with Gasteiger partial charge in [-0.15, -0.1) is 0 Å². The molecule has 4 rings (SSSR count). The number of carbonyl (C=O) groups is 2. The predicted molar refractivity (Wildman–Crippen MR) is 99.8 cm³/mol. The summed E-state index contributed by atoms with van der Waals surface area (Å²) in [4.78, 5) is 25.8. The third-order valence-corrected chi connectivity index (χ3v) is 5.60. The SMILES string of the molecule is O=C(CN1C2CCC1C(C(=O)O)C2)Nc1ccc(-c2ccccc2)cc1. The summed E-state index contributed by atoms with van der Waals surface area (Å²) in [6.45, 7) is 0.263. The normalized spacial score (nSPS) is 24.5.